The Morgan fingerprint density at radius 3 is 2.77 bits per heavy atom. The highest BCUT2D eigenvalue weighted by Crippen LogP contribution is 2.35. The van der Waals surface area contributed by atoms with Gasteiger partial charge in [0.2, 0.25) is 6.79 Å². The fraction of sp³-hybridized carbons (Fsp3) is 0.200. The first-order valence-electron chi connectivity index (χ1n) is 4.22. The summed E-state index contributed by atoms with van der Waals surface area (Å²) in [5.41, 5.74) is 2.25. The number of aromatic nitrogens is 1. The maximum absolute atomic E-state index is 5.28. The molecule has 3 nitrogen and oxygen atoms in total. The third-order valence-electron chi connectivity index (χ3n) is 2.25. The van der Waals surface area contributed by atoms with E-state index in [1.54, 1.807) is 0 Å². The Labute approximate surface area is 75.3 Å². The Bertz CT molecular complexity index is 432. The van der Waals surface area contributed by atoms with Crippen LogP contribution in [0.2, 0.25) is 0 Å². The molecule has 0 bridgehead atoms. The Morgan fingerprint density at radius 2 is 1.92 bits per heavy atom. The Hall–Kier alpha value is -1.64. The van der Waals surface area contributed by atoms with Crippen LogP contribution in [-0.2, 0) is 0 Å². The first-order valence-corrected chi connectivity index (χ1v) is 4.22. The highest BCUT2D eigenvalue weighted by molar-refractivity contribution is 5.84. The van der Waals surface area contributed by atoms with Crippen molar-refractivity contribution in [3.63, 3.8) is 0 Å². The number of nitrogens with one attached hydrogen (secondary N) is 1. The zero-order valence-electron chi connectivity index (χ0n) is 7.26. The van der Waals surface area contributed by atoms with Gasteiger partial charge < -0.3 is 14.5 Å². The summed E-state index contributed by atoms with van der Waals surface area (Å²) < 4.78 is 10.6. The number of aryl methyl sites for hydroxylation is 1. The van der Waals surface area contributed by atoms with Crippen LogP contribution in [0.15, 0.2) is 18.2 Å². The standard InChI is InChI=1S/C10H9NO2/c1-6-2-7-3-9-10(13-5-12-9)4-8(7)11-6/h2-4,11H,5H2,1H3. The maximum Gasteiger partial charge on any atom is 0.231 e. The van der Waals surface area contributed by atoms with Gasteiger partial charge in [0.25, 0.3) is 0 Å². The average Bonchev–Trinajstić information content (AvgIpc) is 2.63. The number of aromatic amines is 1. The van der Waals surface area contributed by atoms with Crippen LogP contribution in [-0.4, -0.2) is 11.8 Å². The molecule has 13 heavy (non-hydrogen) atoms. The van der Waals surface area contributed by atoms with Crippen molar-refractivity contribution in [3.8, 4) is 11.5 Å². The van der Waals surface area contributed by atoms with Gasteiger partial charge >= 0.3 is 0 Å². The van der Waals surface area contributed by atoms with E-state index in [2.05, 4.69) is 11.1 Å². The second-order valence-electron chi connectivity index (χ2n) is 3.25. The zero-order valence-corrected chi connectivity index (χ0v) is 7.26. The molecule has 0 fully saturated rings. The quantitative estimate of drug-likeness (QED) is 0.666. The van der Waals surface area contributed by atoms with Crippen molar-refractivity contribution in [2.75, 3.05) is 6.79 Å². The van der Waals surface area contributed by atoms with Crippen LogP contribution < -0.4 is 9.47 Å². The summed E-state index contributed by atoms with van der Waals surface area (Å²) in [5, 5.41) is 1.17. The Kier molecular flexibility index (Phi) is 1.15. The van der Waals surface area contributed by atoms with Gasteiger partial charge in [-0.1, -0.05) is 0 Å². The highest BCUT2D eigenvalue weighted by Gasteiger charge is 2.14. The lowest BCUT2D eigenvalue weighted by molar-refractivity contribution is 0.174. The van der Waals surface area contributed by atoms with E-state index >= 15 is 0 Å². The Morgan fingerprint density at radius 1 is 1.15 bits per heavy atom. The minimum atomic E-state index is 0.334. The van der Waals surface area contributed by atoms with Crippen molar-refractivity contribution in [3.05, 3.63) is 23.9 Å². The summed E-state index contributed by atoms with van der Waals surface area (Å²) in [6.07, 6.45) is 0. The van der Waals surface area contributed by atoms with Crippen LogP contribution >= 0.6 is 0 Å². The van der Waals surface area contributed by atoms with Gasteiger partial charge in [-0.15, -0.1) is 0 Å². The third-order valence-corrected chi connectivity index (χ3v) is 2.25. The van der Waals surface area contributed by atoms with E-state index in [-0.39, 0.29) is 0 Å². The first-order chi connectivity index (χ1) is 6.33. The van der Waals surface area contributed by atoms with Crippen molar-refractivity contribution >= 4 is 10.9 Å². The molecule has 0 unspecified atom stereocenters. The smallest absolute Gasteiger partial charge is 0.231 e. The lowest BCUT2D eigenvalue weighted by atomic mass is 10.2. The van der Waals surface area contributed by atoms with Crippen LogP contribution in [0.1, 0.15) is 5.69 Å². The predicted octanol–water partition coefficient (Wildman–Crippen LogP) is 2.21. The molecule has 3 heteroatoms. The van der Waals surface area contributed by atoms with E-state index in [0.717, 1.165) is 22.7 Å². The van der Waals surface area contributed by atoms with E-state index < -0.39 is 0 Å². The van der Waals surface area contributed by atoms with Crippen molar-refractivity contribution in [1.29, 1.82) is 0 Å². The lowest BCUT2D eigenvalue weighted by Gasteiger charge is -1.94. The van der Waals surface area contributed by atoms with Gasteiger partial charge in [-0.2, -0.15) is 0 Å². The number of hydrogen-bond acceptors (Lipinski definition) is 2. The molecule has 1 aliphatic rings. The van der Waals surface area contributed by atoms with Crippen LogP contribution in [0.3, 0.4) is 0 Å². The third kappa shape index (κ3) is 0.900. The summed E-state index contributed by atoms with van der Waals surface area (Å²) in [7, 11) is 0. The summed E-state index contributed by atoms with van der Waals surface area (Å²) in [4.78, 5) is 3.25. The van der Waals surface area contributed by atoms with Gasteiger partial charge in [0.05, 0.1) is 0 Å². The number of benzene rings is 1. The largest absolute Gasteiger partial charge is 0.454 e. The van der Waals surface area contributed by atoms with Crippen LogP contribution in [0, 0.1) is 6.92 Å². The highest BCUT2D eigenvalue weighted by atomic mass is 16.7. The molecule has 0 atom stereocenters. The molecule has 0 saturated carbocycles. The molecule has 1 aromatic heterocycles. The van der Waals surface area contributed by atoms with E-state index in [1.165, 1.54) is 5.39 Å². The van der Waals surface area contributed by atoms with E-state index in [4.69, 9.17) is 9.47 Å². The monoisotopic (exact) mass is 175 g/mol. The van der Waals surface area contributed by atoms with Crippen molar-refractivity contribution in [1.82, 2.24) is 4.98 Å². The molecule has 0 spiro atoms. The SMILES string of the molecule is Cc1cc2cc3c(cc2[nH]1)OCO3. The van der Waals surface area contributed by atoms with Gasteiger partial charge in [-0.05, 0) is 19.1 Å². The molecule has 1 aliphatic heterocycles. The molecular formula is C10H9NO2. The molecule has 0 aliphatic carbocycles. The summed E-state index contributed by atoms with van der Waals surface area (Å²) in [6, 6.07) is 6.07. The van der Waals surface area contributed by atoms with Gasteiger partial charge in [-0.25, -0.2) is 0 Å². The fourth-order valence-electron chi connectivity index (χ4n) is 1.67. The molecule has 66 valence electrons. The number of ether oxygens (including phenoxy) is 2. The predicted molar refractivity (Wildman–Crippen MR) is 49.2 cm³/mol. The second-order valence-corrected chi connectivity index (χ2v) is 3.25. The molecule has 2 heterocycles. The molecule has 0 amide bonds. The van der Waals surface area contributed by atoms with Crippen LogP contribution in [0.25, 0.3) is 10.9 Å². The number of hydrogen-bond donors (Lipinski definition) is 1. The van der Waals surface area contributed by atoms with Crippen molar-refractivity contribution in [2.24, 2.45) is 0 Å². The number of H-pyrrole nitrogens is 1. The average molecular weight is 175 g/mol. The van der Waals surface area contributed by atoms with Crippen LogP contribution in [0.5, 0.6) is 11.5 Å². The number of rotatable bonds is 0. The van der Waals surface area contributed by atoms with E-state index in [0.29, 0.717) is 6.79 Å². The summed E-state index contributed by atoms with van der Waals surface area (Å²) >= 11 is 0. The minimum absolute atomic E-state index is 0.334. The number of fused-ring (bicyclic) bond motifs is 2. The van der Waals surface area contributed by atoms with Crippen molar-refractivity contribution < 1.29 is 9.47 Å². The maximum atomic E-state index is 5.28. The van der Waals surface area contributed by atoms with Gasteiger partial charge in [-0.3, -0.25) is 0 Å². The molecule has 0 radical (unpaired) electrons. The molecule has 3 rings (SSSR count). The summed E-state index contributed by atoms with van der Waals surface area (Å²) in [5.74, 6) is 1.67. The summed E-state index contributed by atoms with van der Waals surface area (Å²) in [6.45, 7) is 2.37. The van der Waals surface area contributed by atoms with Gasteiger partial charge in [0.1, 0.15) is 0 Å². The topological polar surface area (TPSA) is 34.2 Å². The van der Waals surface area contributed by atoms with Crippen molar-refractivity contribution in [2.45, 2.75) is 6.92 Å². The molecular weight excluding hydrogens is 166 g/mol. The molecule has 1 N–H and O–H groups in total. The molecule has 0 saturated heterocycles. The van der Waals surface area contributed by atoms with Crippen LogP contribution in [0.4, 0.5) is 0 Å². The van der Waals surface area contributed by atoms with E-state index in [9.17, 15) is 0 Å². The zero-order chi connectivity index (χ0) is 8.84. The molecule has 1 aromatic carbocycles. The van der Waals surface area contributed by atoms with Gasteiger partial charge in [0.15, 0.2) is 11.5 Å². The fourth-order valence-corrected chi connectivity index (χ4v) is 1.67. The Balaban J connectivity index is 2.35. The second kappa shape index (κ2) is 2.19. The van der Waals surface area contributed by atoms with Gasteiger partial charge in [0, 0.05) is 22.7 Å². The lowest BCUT2D eigenvalue weighted by Crippen LogP contribution is -1.92. The first kappa shape index (κ1) is 6.83. The molecule has 2 aromatic rings. The normalized spacial score (nSPS) is 13.9. The van der Waals surface area contributed by atoms with E-state index in [1.807, 2.05) is 19.1 Å². The minimum Gasteiger partial charge on any atom is -0.454 e.